The molecule has 3 aromatic heterocycles. The molecule has 0 saturated carbocycles. The minimum atomic E-state index is -2.88. The number of amides is 1. The number of methoxy groups -OCH3 is 1. The topological polar surface area (TPSA) is 110 Å². The fourth-order valence-electron chi connectivity index (χ4n) is 4.22. The molecule has 1 aliphatic rings. The first kappa shape index (κ1) is 26.1. The van der Waals surface area contributed by atoms with Gasteiger partial charge in [0.15, 0.2) is 0 Å². The first-order chi connectivity index (χ1) is 19.0. The number of alkyl halides is 2. The normalized spacial score (nSPS) is 13.5. The summed E-state index contributed by atoms with van der Waals surface area (Å²) in [6.07, 6.45) is 0.641. The van der Waals surface area contributed by atoms with Crippen LogP contribution < -0.4 is 19.9 Å². The standard InChI is InChI=1S/C26H24F3N7O3/c1-38-22-10-19(16-3-5-23(32-12-16)35-8-6-30-7-9-35)20(27)11-21(22)36(15-37)14-18-4-2-17(13-31-18)25-33-34-26(39-25)24(28)29/h2-5,10-13,15,24,30H,6-9,14H2,1H3. The molecule has 1 fully saturated rings. The second-order valence-corrected chi connectivity index (χ2v) is 8.66. The molecule has 4 heterocycles. The van der Waals surface area contributed by atoms with Crippen molar-refractivity contribution in [3.8, 4) is 28.3 Å². The van der Waals surface area contributed by atoms with Crippen LogP contribution in [-0.4, -0.2) is 59.9 Å². The number of nitrogens with one attached hydrogen (secondary N) is 1. The lowest BCUT2D eigenvalue weighted by Crippen LogP contribution is -2.43. The maximum absolute atomic E-state index is 15.3. The van der Waals surface area contributed by atoms with Gasteiger partial charge in [0.25, 0.3) is 5.89 Å². The van der Waals surface area contributed by atoms with Gasteiger partial charge in [-0.25, -0.2) is 9.37 Å². The number of aromatic nitrogens is 4. The Hall–Kier alpha value is -4.52. The van der Waals surface area contributed by atoms with Crippen LogP contribution >= 0.6 is 0 Å². The molecule has 202 valence electrons. The summed E-state index contributed by atoms with van der Waals surface area (Å²) in [7, 11) is 1.43. The van der Waals surface area contributed by atoms with Crippen LogP contribution in [0.2, 0.25) is 0 Å². The number of carbonyl (C=O) groups excluding carboxylic acids is 1. The molecule has 0 aliphatic carbocycles. The van der Waals surface area contributed by atoms with Gasteiger partial charge < -0.3 is 24.3 Å². The minimum Gasteiger partial charge on any atom is -0.495 e. The zero-order valence-corrected chi connectivity index (χ0v) is 20.9. The van der Waals surface area contributed by atoms with Crippen LogP contribution in [-0.2, 0) is 11.3 Å². The fraction of sp³-hybridized carbons (Fsp3) is 0.269. The Bertz CT molecular complexity index is 1430. The molecule has 1 N–H and O–H groups in total. The van der Waals surface area contributed by atoms with E-state index in [0.29, 0.717) is 23.2 Å². The second kappa shape index (κ2) is 11.5. The van der Waals surface area contributed by atoms with Crippen LogP contribution in [0, 0.1) is 5.82 Å². The van der Waals surface area contributed by atoms with E-state index in [1.54, 1.807) is 24.4 Å². The van der Waals surface area contributed by atoms with Crippen molar-refractivity contribution in [2.75, 3.05) is 43.1 Å². The smallest absolute Gasteiger partial charge is 0.314 e. The first-order valence-electron chi connectivity index (χ1n) is 12.0. The van der Waals surface area contributed by atoms with Gasteiger partial charge in [0.1, 0.15) is 17.4 Å². The van der Waals surface area contributed by atoms with Gasteiger partial charge in [0.2, 0.25) is 12.3 Å². The molecule has 0 unspecified atom stereocenters. The van der Waals surface area contributed by atoms with Gasteiger partial charge in [-0.15, -0.1) is 10.2 Å². The number of halogens is 3. The largest absolute Gasteiger partial charge is 0.495 e. The van der Waals surface area contributed by atoms with Gasteiger partial charge in [-0.2, -0.15) is 8.78 Å². The summed E-state index contributed by atoms with van der Waals surface area (Å²) in [5, 5.41) is 10.2. The first-order valence-corrected chi connectivity index (χ1v) is 12.0. The monoisotopic (exact) mass is 539 g/mol. The van der Waals surface area contributed by atoms with E-state index in [9.17, 15) is 13.6 Å². The third-order valence-corrected chi connectivity index (χ3v) is 6.24. The molecule has 1 amide bonds. The summed E-state index contributed by atoms with van der Waals surface area (Å²) in [5.74, 6) is -0.338. The SMILES string of the molecule is COc1cc(-c2ccc(N3CCNCC3)nc2)c(F)cc1N(C=O)Cc1ccc(-c2nnc(C(F)F)o2)cn1. The summed E-state index contributed by atoms with van der Waals surface area (Å²) in [4.78, 5) is 24.1. The highest BCUT2D eigenvalue weighted by Gasteiger charge is 2.20. The van der Waals surface area contributed by atoms with Crippen molar-refractivity contribution >= 4 is 17.9 Å². The van der Waals surface area contributed by atoms with E-state index >= 15 is 4.39 Å². The lowest BCUT2D eigenvalue weighted by molar-refractivity contribution is -0.107. The lowest BCUT2D eigenvalue weighted by Gasteiger charge is -2.28. The molecule has 0 radical (unpaired) electrons. The minimum absolute atomic E-state index is 0.00795. The highest BCUT2D eigenvalue weighted by Crippen LogP contribution is 2.36. The third-order valence-electron chi connectivity index (χ3n) is 6.24. The number of ether oxygens (including phenoxy) is 1. The predicted octanol–water partition coefficient (Wildman–Crippen LogP) is 3.85. The molecule has 39 heavy (non-hydrogen) atoms. The highest BCUT2D eigenvalue weighted by atomic mass is 19.3. The predicted molar refractivity (Wildman–Crippen MR) is 136 cm³/mol. The molecule has 13 heteroatoms. The quantitative estimate of drug-likeness (QED) is 0.317. The number of hydrogen-bond acceptors (Lipinski definition) is 9. The van der Waals surface area contributed by atoms with Crippen LogP contribution in [0.3, 0.4) is 0 Å². The molecule has 5 rings (SSSR count). The van der Waals surface area contributed by atoms with Crippen molar-refractivity contribution in [1.82, 2.24) is 25.5 Å². The van der Waals surface area contributed by atoms with Gasteiger partial charge >= 0.3 is 6.43 Å². The number of hydrogen-bond donors (Lipinski definition) is 1. The highest BCUT2D eigenvalue weighted by molar-refractivity contribution is 5.81. The average molecular weight is 540 g/mol. The Morgan fingerprint density at radius 3 is 2.49 bits per heavy atom. The van der Waals surface area contributed by atoms with Crippen molar-refractivity contribution in [3.63, 3.8) is 0 Å². The van der Waals surface area contributed by atoms with E-state index in [1.165, 1.54) is 30.3 Å². The molecule has 0 spiro atoms. The van der Waals surface area contributed by atoms with Crippen LogP contribution in [0.5, 0.6) is 5.75 Å². The lowest BCUT2D eigenvalue weighted by atomic mass is 10.1. The van der Waals surface area contributed by atoms with Gasteiger partial charge in [-0.3, -0.25) is 9.78 Å². The van der Waals surface area contributed by atoms with Crippen molar-refractivity contribution in [2.45, 2.75) is 13.0 Å². The molecule has 1 aliphatic heterocycles. The second-order valence-electron chi connectivity index (χ2n) is 8.66. The number of piperazine rings is 1. The number of anilines is 2. The van der Waals surface area contributed by atoms with Crippen LogP contribution in [0.4, 0.5) is 24.7 Å². The Morgan fingerprint density at radius 2 is 1.87 bits per heavy atom. The van der Waals surface area contributed by atoms with Crippen molar-refractivity contribution in [1.29, 1.82) is 0 Å². The molecular formula is C26H24F3N7O3. The summed E-state index contributed by atoms with van der Waals surface area (Å²) < 4.78 is 51.1. The van der Waals surface area contributed by atoms with E-state index in [1.807, 2.05) is 6.07 Å². The van der Waals surface area contributed by atoms with Crippen LogP contribution in [0.15, 0.2) is 53.2 Å². The van der Waals surface area contributed by atoms with Crippen molar-refractivity contribution < 1.29 is 27.1 Å². The van der Waals surface area contributed by atoms with E-state index in [-0.39, 0.29) is 29.4 Å². The molecule has 1 saturated heterocycles. The molecule has 10 nitrogen and oxygen atoms in total. The van der Waals surface area contributed by atoms with Gasteiger partial charge in [0.05, 0.1) is 30.6 Å². The van der Waals surface area contributed by atoms with Crippen molar-refractivity contribution in [3.05, 3.63) is 66.2 Å². The molecular weight excluding hydrogens is 515 g/mol. The van der Waals surface area contributed by atoms with E-state index in [2.05, 4.69) is 30.4 Å². The number of carbonyl (C=O) groups is 1. The van der Waals surface area contributed by atoms with Crippen LogP contribution in [0.25, 0.3) is 22.6 Å². The number of benzene rings is 1. The Kier molecular flexibility index (Phi) is 7.68. The maximum atomic E-state index is 15.3. The van der Waals surface area contributed by atoms with Crippen LogP contribution in [0.1, 0.15) is 18.0 Å². The summed E-state index contributed by atoms with van der Waals surface area (Å²) in [5.41, 5.74) is 1.84. The fourth-order valence-corrected chi connectivity index (χ4v) is 4.22. The number of nitrogens with zero attached hydrogens (tertiary/aromatic N) is 6. The molecule has 4 aromatic rings. The Balaban J connectivity index is 1.35. The number of pyridine rings is 2. The van der Waals surface area contributed by atoms with E-state index in [4.69, 9.17) is 9.15 Å². The Morgan fingerprint density at radius 1 is 1.10 bits per heavy atom. The van der Waals surface area contributed by atoms with Gasteiger partial charge in [-0.1, -0.05) is 0 Å². The molecule has 1 aromatic carbocycles. The zero-order chi connectivity index (χ0) is 27.4. The zero-order valence-electron chi connectivity index (χ0n) is 20.9. The number of rotatable bonds is 9. The van der Waals surface area contributed by atoms with Crippen molar-refractivity contribution in [2.24, 2.45) is 0 Å². The summed E-state index contributed by atoms with van der Waals surface area (Å²) in [6, 6.07) is 9.53. The van der Waals surface area contributed by atoms with E-state index in [0.717, 1.165) is 32.0 Å². The van der Waals surface area contributed by atoms with Gasteiger partial charge in [-0.05, 0) is 30.3 Å². The average Bonchev–Trinajstić information content (AvgIpc) is 3.48. The van der Waals surface area contributed by atoms with E-state index < -0.39 is 18.1 Å². The molecule has 0 bridgehead atoms. The molecule has 0 atom stereocenters. The summed E-state index contributed by atoms with van der Waals surface area (Å²) >= 11 is 0. The summed E-state index contributed by atoms with van der Waals surface area (Å²) in [6.45, 7) is 3.44. The third kappa shape index (κ3) is 5.67. The Labute approximate surface area is 221 Å². The van der Waals surface area contributed by atoms with Gasteiger partial charge in [0, 0.05) is 55.8 Å². The maximum Gasteiger partial charge on any atom is 0.314 e.